The number of carbonyl (C=O) groups excluding carboxylic acids is 1. The van der Waals surface area contributed by atoms with Crippen LogP contribution in [0, 0.1) is 5.82 Å². The molecule has 3 rings (SSSR count). The monoisotopic (exact) mass is 280 g/mol. The fraction of sp³-hybridized carbons (Fsp3) is 0.500. The molecule has 1 aromatic carbocycles. The number of nitrogens with zero attached hydrogens (tertiary/aromatic N) is 1. The lowest BCUT2D eigenvalue weighted by molar-refractivity contribution is -0.135. The second-order valence-corrected chi connectivity index (χ2v) is 4.95. The van der Waals surface area contributed by atoms with Crippen LogP contribution in [0.15, 0.2) is 24.3 Å². The van der Waals surface area contributed by atoms with Gasteiger partial charge in [0, 0.05) is 0 Å². The number of rotatable bonds is 3. The number of nitrogens with one attached hydrogen (secondary N) is 1. The Balaban J connectivity index is 1.74. The zero-order valence-corrected chi connectivity index (χ0v) is 11.0. The molecule has 2 heterocycles. The van der Waals surface area contributed by atoms with Crippen LogP contribution < -0.4 is 5.32 Å². The SMILES string of the molecule is O=C1CNC(c2cccc(F)c2)N1CC1COCCO1. The molecule has 5 nitrogen and oxygen atoms in total. The van der Waals surface area contributed by atoms with Gasteiger partial charge in [-0.3, -0.25) is 10.1 Å². The number of amides is 1. The molecule has 20 heavy (non-hydrogen) atoms. The average molecular weight is 280 g/mol. The highest BCUT2D eigenvalue weighted by Crippen LogP contribution is 2.24. The van der Waals surface area contributed by atoms with E-state index in [1.54, 1.807) is 11.0 Å². The van der Waals surface area contributed by atoms with E-state index in [9.17, 15) is 9.18 Å². The third-order valence-corrected chi connectivity index (χ3v) is 3.53. The predicted octanol–water partition coefficient (Wildman–Crippen LogP) is 0.672. The number of carbonyl (C=O) groups is 1. The fourth-order valence-corrected chi connectivity index (χ4v) is 2.58. The lowest BCUT2D eigenvalue weighted by Crippen LogP contribution is -2.42. The summed E-state index contributed by atoms with van der Waals surface area (Å²) in [6.45, 7) is 2.34. The van der Waals surface area contributed by atoms with Crippen molar-refractivity contribution < 1.29 is 18.7 Å². The summed E-state index contributed by atoms with van der Waals surface area (Å²) in [7, 11) is 0. The molecule has 6 heteroatoms. The van der Waals surface area contributed by atoms with Gasteiger partial charge in [-0.1, -0.05) is 12.1 Å². The Kier molecular flexibility index (Phi) is 3.95. The molecule has 0 bridgehead atoms. The van der Waals surface area contributed by atoms with E-state index in [-0.39, 0.29) is 30.5 Å². The van der Waals surface area contributed by atoms with Crippen molar-refractivity contribution in [1.82, 2.24) is 10.2 Å². The number of hydrogen-bond donors (Lipinski definition) is 1. The molecule has 2 unspecified atom stereocenters. The molecular formula is C14H17FN2O3. The first-order chi connectivity index (χ1) is 9.74. The van der Waals surface area contributed by atoms with Crippen LogP contribution in [0.1, 0.15) is 11.7 Å². The number of ether oxygens (including phenoxy) is 2. The van der Waals surface area contributed by atoms with Gasteiger partial charge in [0.05, 0.1) is 39.0 Å². The highest BCUT2D eigenvalue weighted by molar-refractivity contribution is 5.81. The summed E-state index contributed by atoms with van der Waals surface area (Å²) < 4.78 is 24.2. The van der Waals surface area contributed by atoms with Crippen LogP contribution in [0.3, 0.4) is 0 Å². The molecule has 0 spiro atoms. The van der Waals surface area contributed by atoms with Crippen molar-refractivity contribution in [2.45, 2.75) is 12.3 Å². The summed E-state index contributed by atoms with van der Waals surface area (Å²) in [5, 5.41) is 3.10. The van der Waals surface area contributed by atoms with Crippen molar-refractivity contribution in [3.8, 4) is 0 Å². The molecule has 0 radical (unpaired) electrons. The maximum Gasteiger partial charge on any atom is 0.238 e. The molecule has 1 amide bonds. The van der Waals surface area contributed by atoms with E-state index in [1.807, 2.05) is 6.07 Å². The highest BCUT2D eigenvalue weighted by atomic mass is 19.1. The van der Waals surface area contributed by atoms with Gasteiger partial charge >= 0.3 is 0 Å². The normalized spacial score (nSPS) is 27.1. The van der Waals surface area contributed by atoms with E-state index in [0.717, 1.165) is 5.56 Å². The van der Waals surface area contributed by atoms with Gasteiger partial charge in [0.15, 0.2) is 0 Å². The second kappa shape index (κ2) is 5.87. The molecule has 0 saturated carbocycles. The lowest BCUT2D eigenvalue weighted by Gasteiger charge is -2.30. The Morgan fingerprint density at radius 1 is 1.40 bits per heavy atom. The fourth-order valence-electron chi connectivity index (χ4n) is 2.58. The van der Waals surface area contributed by atoms with Gasteiger partial charge in [-0.05, 0) is 17.7 Å². The molecule has 0 aliphatic carbocycles. The molecule has 1 N–H and O–H groups in total. The first-order valence-corrected chi connectivity index (χ1v) is 6.72. The first kappa shape index (κ1) is 13.5. The van der Waals surface area contributed by atoms with E-state index in [0.29, 0.717) is 26.4 Å². The summed E-state index contributed by atoms with van der Waals surface area (Å²) >= 11 is 0. The Labute approximate surface area is 116 Å². The van der Waals surface area contributed by atoms with Crippen molar-refractivity contribution in [2.75, 3.05) is 32.9 Å². The van der Waals surface area contributed by atoms with Gasteiger partial charge in [0.25, 0.3) is 0 Å². The Morgan fingerprint density at radius 2 is 2.30 bits per heavy atom. The predicted molar refractivity (Wildman–Crippen MR) is 69.4 cm³/mol. The van der Waals surface area contributed by atoms with E-state index in [4.69, 9.17) is 9.47 Å². The minimum atomic E-state index is -0.305. The molecule has 2 aliphatic rings. The minimum Gasteiger partial charge on any atom is -0.376 e. The van der Waals surface area contributed by atoms with Crippen molar-refractivity contribution >= 4 is 5.91 Å². The molecule has 108 valence electrons. The molecule has 0 aromatic heterocycles. The van der Waals surface area contributed by atoms with Crippen LogP contribution in [-0.4, -0.2) is 49.8 Å². The summed E-state index contributed by atoms with van der Waals surface area (Å²) in [5.41, 5.74) is 0.743. The third-order valence-electron chi connectivity index (χ3n) is 3.53. The smallest absolute Gasteiger partial charge is 0.238 e. The van der Waals surface area contributed by atoms with E-state index < -0.39 is 0 Å². The van der Waals surface area contributed by atoms with Gasteiger partial charge in [-0.15, -0.1) is 0 Å². The Bertz CT molecular complexity index is 491. The second-order valence-electron chi connectivity index (χ2n) is 4.95. The standard InChI is InChI=1S/C14H17FN2O3/c15-11-3-1-2-10(6-11)14-16-7-13(18)17(14)8-12-9-19-4-5-20-12/h1-3,6,12,14,16H,4-5,7-9H2. The number of benzene rings is 1. The highest BCUT2D eigenvalue weighted by Gasteiger charge is 2.34. The maximum atomic E-state index is 13.3. The van der Waals surface area contributed by atoms with Gasteiger partial charge in [0.1, 0.15) is 12.0 Å². The summed E-state index contributed by atoms with van der Waals surface area (Å²) in [4.78, 5) is 13.7. The zero-order chi connectivity index (χ0) is 13.9. The number of halogens is 1. The number of hydrogen-bond acceptors (Lipinski definition) is 4. The van der Waals surface area contributed by atoms with E-state index in [2.05, 4.69) is 5.32 Å². The lowest BCUT2D eigenvalue weighted by atomic mass is 10.1. The minimum absolute atomic E-state index is 0.00608. The van der Waals surface area contributed by atoms with Gasteiger partial charge in [0.2, 0.25) is 5.91 Å². The maximum absolute atomic E-state index is 13.3. The van der Waals surface area contributed by atoms with Crippen molar-refractivity contribution in [3.63, 3.8) is 0 Å². The first-order valence-electron chi connectivity index (χ1n) is 6.72. The summed E-state index contributed by atoms with van der Waals surface area (Å²) in [6, 6.07) is 6.29. The molecule has 2 atom stereocenters. The van der Waals surface area contributed by atoms with Gasteiger partial charge in [-0.25, -0.2) is 4.39 Å². The molecule has 2 saturated heterocycles. The topological polar surface area (TPSA) is 50.8 Å². The van der Waals surface area contributed by atoms with Crippen LogP contribution in [0.5, 0.6) is 0 Å². The summed E-state index contributed by atoms with van der Waals surface area (Å²) in [6.07, 6.45) is -0.424. The van der Waals surface area contributed by atoms with Crippen LogP contribution in [-0.2, 0) is 14.3 Å². The third kappa shape index (κ3) is 2.82. The Hall–Kier alpha value is -1.50. The molecule has 2 aliphatic heterocycles. The van der Waals surface area contributed by atoms with Crippen molar-refractivity contribution in [1.29, 1.82) is 0 Å². The molecule has 2 fully saturated rings. The zero-order valence-electron chi connectivity index (χ0n) is 11.0. The van der Waals surface area contributed by atoms with Crippen LogP contribution in [0.2, 0.25) is 0 Å². The average Bonchev–Trinajstić information content (AvgIpc) is 2.82. The largest absolute Gasteiger partial charge is 0.376 e. The summed E-state index contributed by atoms with van der Waals surface area (Å²) in [5.74, 6) is -0.311. The van der Waals surface area contributed by atoms with Crippen molar-refractivity contribution in [2.24, 2.45) is 0 Å². The van der Waals surface area contributed by atoms with Gasteiger partial charge in [-0.2, -0.15) is 0 Å². The van der Waals surface area contributed by atoms with Crippen molar-refractivity contribution in [3.05, 3.63) is 35.6 Å². The quantitative estimate of drug-likeness (QED) is 0.884. The Morgan fingerprint density at radius 3 is 3.05 bits per heavy atom. The van der Waals surface area contributed by atoms with E-state index >= 15 is 0 Å². The van der Waals surface area contributed by atoms with Crippen LogP contribution in [0.4, 0.5) is 4.39 Å². The van der Waals surface area contributed by atoms with E-state index in [1.165, 1.54) is 12.1 Å². The van der Waals surface area contributed by atoms with Crippen LogP contribution in [0.25, 0.3) is 0 Å². The van der Waals surface area contributed by atoms with Crippen LogP contribution >= 0.6 is 0 Å². The molecular weight excluding hydrogens is 263 g/mol. The van der Waals surface area contributed by atoms with Gasteiger partial charge < -0.3 is 14.4 Å². The molecule has 1 aromatic rings.